The molecule has 1 N–H and O–H groups in total. The molecule has 3 rings (SSSR count). The SMILES string of the molecule is Cc1nc(CNc2cccc3ccccc23)no1. The van der Waals surface area contributed by atoms with Crippen molar-refractivity contribution in [3.63, 3.8) is 0 Å². The van der Waals surface area contributed by atoms with Gasteiger partial charge < -0.3 is 9.84 Å². The second-order valence-corrected chi connectivity index (χ2v) is 4.11. The summed E-state index contributed by atoms with van der Waals surface area (Å²) in [5.41, 5.74) is 1.08. The molecule has 0 aliphatic rings. The molecule has 0 unspecified atom stereocenters. The summed E-state index contributed by atoms with van der Waals surface area (Å²) in [6, 6.07) is 14.4. The molecule has 4 nitrogen and oxygen atoms in total. The minimum Gasteiger partial charge on any atom is -0.377 e. The fraction of sp³-hybridized carbons (Fsp3) is 0.143. The lowest BCUT2D eigenvalue weighted by Crippen LogP contribution is -2.01. The van der Waals surface area contributed by atoms with Crippen molar-refractivity contribution >= 4 is 16.5 Å². The summed E-state index contributed by atoms with van der Waals surface area (Å²) in [6.45, 7) is 2.35. The van der Waals surface area contributed by atoms with Gasteiger partial charge in [-0.25, -0.2) is 0 Å². The maximum atomic E-state index is 4.94. The second kappa shape index (κ2) is 4.49. The molecule has 0 amide bonds. The number of fused-ring (bicyclic) bond motifs is 1. The highest BCUT2D eigenvalue weighted by Crippen LogP contribution is 2.23. The molecule has 1 heterocycles. The molecule has 0 spiro atoms. The predicted octanol–water partition coefficient (Wildman–Crippen LogP) is 3.14. The Bertz CT molecular complexity index is 670. The van der Waals surface area contributed by atoms with E-state index in [1.807, 2.05) is 18.2 Å². The Labute approximate surface area is 105 Å². The van der Waals surface area contributed by atoms with Crippen LogP contribution in [-0.4, -0.2) is 10.1 Å². The van der Waals surface area contributed by atoms with Gasteiger partial charge in [0.25, 0.3) is 0 Å². The molecule has 0 saturated carbocycles. The van der Waals surface area contributed by atoms with E-state index in [-0.39, 0.29) is 0 Å². The van der Waals surface area contributed by atoms with Gasteiger partial charge in [-0.05, 0) is 11.5 Å². The first-order chi connectivity index (χ1) is 8.83. The number of hydrogen-bond acceptors (Lipinski definition) is 4. The van der Waals surface area contributed by atoms with E-state index in [2.05, 4.69) is 39.7 Å². The van der Waals surface area contributed by atoms with Crippen molar-refractivity contribution in [1.29, 1.82) is 0 Å². The fourth-order valence-electron chi connectivity index (χ4n) is 1.97. The molecule has 0 bridgehead atoms. The fourth-order valence-corrected chi connectivity index (χ4v) is 1.97. The van der Waals surface area contributed by atoms with Gasteiger partial charge in [0.1, 0.15) is 0 Å². The van der Waals surface area contributed by atoms with Crippen molar-refractivity contribution in [3.8, 4) is 0 Å². The largest absolute Gasteiger partial charge is 0.377 e. The van der Waals surface area contributed by atoms with Gasteiger partial charge in [0, 0.05) is 18.0 Å². The topological polar surface area (TPSA) is 51.0 Å². The maximum absolute atomic E-state index is 4.94. The summed E-state index contributed by atoms with van der Waals surface area (Å²) in [6.07, 6.45) is 0. The third-order valence-corrected chi connectivity index (χ3v) is 2.80. The van der Waals surface area contributed by atoms with E-state index in [1.54, 1.807) is 6.92 Å². The third-order valence-electron chi connectivity index (χ3n) is 2.80. The average molecular weight is 239 g/mol. The van der Waals surface area contributed by atoms with Crippen LogP contribution in [0.2, 0.25) is 0 Å². The highest BCUT2D eigenvalue weighted by molar-refractivity contribution is 5.93. The Balaban J connectivity index is 1.86. The van der Waals surface area contributed by atoms with Crippen LogP contribution >= 0.6 is 0 Å². The quantitative estimate of drug-likeness (QED) is 0.762. The van der Waals surface area contributed by atoms with Gasteiger partial charge in [-0.3, -0.25) is 0 Å². The van der Waals surface area contributed by atoms with Crippen LogP contribution in [0, 0.1) is 6.92 Å². The highest BCUT2D eigenvalue weighted by atomic mass is 16.5. The summed E-state index contributed by atoms with van der Waals surface area (Å²) in [5.74, 6) is 1.25. The normalized spacial score (nSPS) is 10.7. The van der Waals surface area contributed by atoms with Gasteiger partial charge in [-0.15, -0.1) is 0 Å². The smallest absolute Gasteiger partial charge is 0.223 e. The standard InChI is InChI=1S/C14H13N3O/c1-10-16-14(17-18-10)9-15-13-8-4-6-11-5-2-3-7-12(11)13/h2-8,15H,9H2,1H3. The molecule has 0 saturated heterocycles. The molecule has 18 heavy (non-hydrogen) atoms. The van der Waals surface area contributed by atoms with Crippen molar-refractivity contribution in [2.75, 3.05) is 5.32 Å². The van der Waals surface area contributed by atoms with E-state index in [9.17, 15) is 0 Å². The first-order valence-electron chi connectivity index (χ1n) is 5.84. The van der Waals surface area contributed by atoms with Gasteiger partial charge in [-0.2, -0.15) is 4.98 Å². The first-order valence-corrected chi connectivity index (χ1v) is 5.84. The van der Waals surface area contributed by atoms with Crippen LogP contribution < -0.4 is 5.32 Å². The molecule has 3 aromatic rings. The number of aromatic nitrogens is 2. The zero-order chi connectivity index (χ0) is 12.4. The van der Waals surface area contributed by atoms with E-state index in [1.165, 1.54) is 10.8 Å². The van der Waals surface area contributed by atoms with Crippen LogP contribution in [0.3, 0.4) is 0 Å². The summed E-state index contributed by atoms with van der Waals surface area (Å²) < 4.78 is 4.94. The monoisotopic (exact) mass is 239 g/mol. The lowest BCUT2D eigenvalue weighted by molar-refractivity contribution is 0.388. The Morgan fingerprint density at radius 2 is 1.94 bits per heavy atom. The van der Waals surface area contributed by atoms with Crippen molar-refractivity contribution in [2.24, 2.45) is 0 Å². The number of rotatable bonds is 3. The zero-order valence-corrected chi connectivity index (χ0v) is 10.1. The zero-order valence-electron chi connectivity index (χ0n) is 10.1. The van der Waals surface area contributed by atoms with Crippen molar-refractivity contribution in [1.82, 2.24) is 10.1 Å². The Hall–Kier alpha value is -2.36. The molecular weight excluding hydrogens is 226 g/mol. The van der Waals surface area contributed by atoms with Crippen LogP contribution in [0.1, 0.15) is 11.7 Å². The summed E-state index contributed by atoms with van der Waals surface area (Å²) in [4.78, 5) is 4.17. The minimum atomic E-state index is 0.561. The predicted molar refractivity (Wildman–Crippen MR) is 70.3 cm³/mol. The number of benzene rings is 2. The Morgan fingerprint density at radius 3 is 2.78 bits per heavy atom. The van der Waals surface area contributed by atoms with Crippen molar-refractivity contribution in [2.45, 2.75) is 13.5 Å². The Morgan fingerprint density at radius 1 is 1.11 bits per heavy atom. The molecule has 0 fully saturated rings. The van der Waals surface area contributed by atoms with Gasteiger partial charge in [0.15, 0.2) is 5.82 Å². The molecular formula is C14H13N3O. The van der Waals surface area contributed by atoms with Crippen LogP contribution in [0.4, 0.5) is 5.69 Å². The second-order valence-electron chi connectivity index (χ2n) is 4.11. The van der Waals surface area contributed by atoms with E-state index in [0.717, 1.165) is 5.69 Å². The number of nitrogens with one attached hydrogen (secondary N) is 1. The van der Waals surface area contributed by atoms with Crippen LogP contribution in [-0.2, 0) is 6.54 Å². The number of aryl methyl sites for hydroxylation is 1. The van der Waals surface area contributed by atoms with Crippen molar-refractivity contribution in [3.05, 3.63) is 54.2 Å². The van der Waals surface area contributed by atoms with E-state index < -0.39 is 0 Å². The number of hydrogen-bond donors (Lipinski definition) is 1. The molecule has 90 valence electrons. The van der Waals surface area contributed by atoms with Gasteiger partial charge in [0.05, 0.1) is 6.54 Å². The van der Waals surface area contributed by atoms with E-state index >= 15 is 0 Å². The van der Waals surface area contributed by atoms with Gasteiger partial charge in [0.2, 0.25) is 5.89 Å². The summed E-state index contributed by atoms with van der Waals surface area (Å²) in [5, 5.41) is 9.60. The summed E-state index contributed by atoms with van der Waals surface area (Å²) >= 11 is 0. The van der Waals surface area contributed by atoms with Gasteiger partial charge in [-0.1, -0.05) is 41.6 Å². The maximum Gasteiger partial charge on any atom is 0.223 e. The van der Waals surface area contributed by atoms with Crippen LogP contribution in [0.25, 0.3) is 10.8 Å². The highest BCUT2D eigenvalue weighted by Gasteiger charge is 2.03. The number of anilines is 1. The van der Waals surface area contributed by atoms with Crippen molar-refractivity contribution < 1.29 is 4.52 Å². The van der Waals surface area contributed by atoms with Gasteiger partial charge >= 0.3 is 0 Å². The molecule has 1 aromatic heterocycles. The molecule has 0 aliphatic carbocycles. The lowest BCUT2D eigenvalue weighted by Gasteiger charge is -2.07. The lowest BCUT2D eigenvalue weighted by atomic mass is 10.1. The van der Waals surface area contributed by atoms with Crippen LogP contribution in [0.5, 0.6) is 0 Å². The molecule has 0 atom stereocenters. The molecule has 2 aromatic carbocycles. The molecule has 0 aliphatic heterocycles. The third kappa shape index (κ3) is 2.05. The minimum absolute atomic E-state index is 0.561. The summed E-state index contributed by atoms with van der Waals surface area (Å²) in [7, 11) is 0. The van der Waals surface area contributed by atoms with E-state index in [0.29, 0.717) is 18.3 Å². The molecule has 4 heteroatoms. The average Bonchev–Trinajstić information content (AvgIpc) is 2.82. The number of nitrogens with zero attached hydrogens (tertiary/aromatic N) is 2. The first kappa shape index (κ1) is 10.8. The molecule has 0 radical (unpaired) electrons. The van der Waals surface area contributed by atoms with E-state index in [4.69, 9.17) is 4.52 Å². The van der Waals surface area contributed by atoms with Crippen LogP contribution in [0.15, 0.2) is 47.0 Å². The Kier molecular flexibility index (Phi) is 2.68.